The van der Waals surface area contributed by atoms with Crippen molar-refractivity contribution in [2.45, 2.75) is 51.5 Å². The topological polar surface area (TPSA) is 35.5 Å². The van der Waals surface area contributed by atoms with Crippen LogP contribution in [0.4, 0.5) is 0 Å². The van der Waals surface area contributed by atoms with Crippen LogP contribution in [0, 0.1) is 11.8 Å². The average Bonchev–Trinajstić information content (AvgIpc) is 3.21. The van der Waals surface area contributed by atoms with Crippen molar-refractivity contribution in [2.24, 2.45) is 11.8 Å². The van der Waals surface area contributed by atoms with Crippen LogP contribution in [0.5, 0.6) is 0 Å². The molecule has 1 unspecified atom stereocenters. The summed E-state index contributed by atoms with van der Waals surface area (Å²) >= 11 is 0. The van der Waals surface area contributed by atoms with Gasteiger partial charge >= 0.3 is 0 Å². The van der Waals surface area contributed by atoms with Crippen LogP contribution < -0.4 is 5.32 Å². The third-order valence-electron chi connectivity index (χ3n) is 4.43. The summed E-state index contributed by atoms with van der Waals surface area (Å²) in [6.45, 7) is 9.11. The predicted octanol–water partition coefficient (Wildman–Crippen LogP) is 1.86. The maximum Gasteiger partial charge on any atom is 0.0628 e. The van der Waals surface area contributed by atoms with Gasteiger partial charge < -0.3 is 15.3 Å². The molecule has 0 radical (unpaired) electrons. The first-order chi connectivity index (χ1) is 8.74. The summed E-state index contributed by atoms with van der Waals surface area (Å²) in [4.78, 5) is 2.59. The monoisotopic (exact) mass is 254 g/mol. The van der Waals surface area contributed by atoms with Gasteiger partial charge in [-0.05, 0) is 57.0 Å². The van der Waals surface area contributed by atoms with Crippen LogP contribution in [0.3, 0.4) is 0 Å². The Balaban J connectivity index is 1.94. The van der Waals surface area contributed by atoms with Crippen molar-refractivity contribution in [3.8, 4) is 0 Å². The molecular weight excluding hydrogens is 224 g/mol. The van der Waals surface area contributed by atoms with Crippen molar-refractivity contribution in [1.29, 1.82) is 0 Å². The van der Waals surface area contributed by atoms with E-state index in [0.29, 0.717) is 5.92 Å². The molecule has 1 atom stereocenters. The van der Waals surface area contributed by atoms with Gasteiger partial charge in [0.15, 0.2) is 0 Å². The van der Waals surface area contributed by atoms with Gasteiger partial charge in [-0.2, -0.15) is 0 Å². The Labute approximate surface area is 112 Å². The standard InChI is InChI=1S/C15H30N2O/c1-3-9-17(10-13-5-6-13)11-15(12-18,16-4-2)14-7-8-14/h13-14,16,18H,3-12H2,1-2H3. The number of nitrogens with zero attached hydrogens (tertiary/aromatic N) is 1. The highest BCUT2D eigenvalue weighted by Crippen LogP contribution is 2.40. The zero-order valence-electron chi connectivity index (χ0n) is 12.1. The summed E-state index contributed by atoms with van der Waals surface area (Å²) in [7, 11) is 0. The maximum atomic E-state index is 9.90. The Morgan fingerprint density at radius 1 is 1.22 bits per heavy atom. The van der Waals surface area contributed by atoms with Crippen molar-refractivity contribution in [3.05, 3.63) is 0 Å². The first kappa shape index (κ1) is 14.3. The highest BCUT2D eigenvalue weighted by Gasteiger charge is 2.45. The molecule has 3 nitrogen and oxygen atoms in total. The second-order valence-electron chi connectivity index (χ2n) is 6.30. The van der Waals surface area contributed by atoms with Crippen LogP contribution in [0.1, 0.15) is 46.0 Å². The summed E-state index contributed by atoms with van der Waals surface area (Å²) in [5, 5.41) is 13.5. The van der Waals surface area contributed by atoms with E-state index in [9.17, 15) is 5.11 Å². The normalized spacial score (nSPS) is 23.3. The van der Waals surface area contributed by atoms with E-state index >= 15 is 0 Å². The van der Waals surface area contributed by atoms with Gasteiger partial charge in [0, 0.05) is 13.1 Å². The average molecular weight is 254 g/mol. The van der Waals surface area contributed by atoms with Crippen LogP contribution in [0.25, 0.3) is 0 Å². The van der Waals surface area contributed by atoms with E-state index in [0.717, 1.165) is 19.0 Å². The molecule has 2 aliphatic rings. The molecule has 0 aromatic heterocycles. The minimum Gasteiger partial charge on any atom is -0.394 e. The molecule has 0 amide bonds. The number of hydrogen-bond donors (Lipinski definition) is 2. The third-order valence-corrected chi connectivity index (χ3v) is 4.43. The van der Waals surface area contributed by atoms with Crippen molar-refractivity contribution < 1.29 is 5.11 Å². The van der Waals surface area contributed by atoms with Gasteiger partial charge in [-0.3, -0.25) is 0 Å². The number of aliphatic hydroxyl groups excluding tert-OH is 1. The number of rotatable bonds is 10. The molecule has 0 aromatic carbocycles. The number of likely N-dealkylation sites (N-methyl/N-ethyl adjacent to an activating group) is 1. The second-order valence-corrected chi connectivity index (χ2v) is 6.30. The molecule has 0 spiro atoms. The summed E-state index contributed by atoms with van der Waals surface area (Å²) < 4.78 is 0. The highest BCUT2D eigenvalue weighted by molar-refractivity contribution is 5.03. The molecule has 0 heterocycles. The molecule has 0 saturated heterocycles. The molecule has 0 bridgehead atoms. The fourth-order valence-corrected chi connectivity index (χ4v) is 3.17. The first-order valence-corrected chi connectivity index (χ1v) is 7.82. The van der Waals surface area contributed by atoms with Gasteiger partial charge in [0.05, 0.1) is 12.1 Å². The lowest BCUT2D eigenvalue weighted by molar-refractivity contribution is 0.0894. The lowest BCUT2D eigenvalue weighted by atomic mass is 9.93. The Kier molecular flexibility index (Phi) is 5.05. The van der Waals surface area contributed by atoms with Crippen LogP contribution in [0.15, 0.2) is 0 Å². The molecule has 3 heteroatoms. The minimum absolute atomic E-state index is 0.0290. The second kappa shape index (κ2) is 6.36. The van der Waals surface area contributed by atoms with Gasteiger partial charge in [-0.1, -0.05) is 13.8 Å². The molecule has 2 rings (SSSR count). The van der Waals surface area contributed by atoms with Gasteiger partial charge in [-0.15, -0.1) is 0 Å². The van der Waals surface area contributed by atoms with E-state index < -0.39 is 0 Å². The van der Waals surface area contributed by atoms with Crippen molar-refractivity contribution in [2.75, 3.05) is 32.8 Å². The molecule has 106 valence electrons. The van der Waals surface area contributed by atoms with Crippen molar-refractivity contribution >= 4 is 0 Å². The molecule has 2 saturated carbocycles. The summed E-state index contributed by atoms with van der Waals surface area (Å²) in [5.41, 5.74) is -0.0290. The number of aliphatic hydroxyl groups is 1. The molecule has 18 heavy (non-hydrogen) atoms. The molecular formula is C15H30N2O. The zero-order chi connectivity index (χ0) is 13.0. The SMILES string of the molecule is CCCN(CC1CC1)CC(CO)(NCC)C1CC1. The summed E-state index contributed by atoms with van der Waals surface area (Å²) in [6, 6.07) is 0. The largest absolute Gasteiger partial charge is 0.394 e. The van der Waals surface area contributed by atoms with E-state index in [1.54, 1.807) is 0 Å². The Morgan fingerprint density at radius 3 is 2.39 bits per heavy atom. The number of hydrogen-bond acceptors (Lipinski definition) is 3. The fourth-order valence-electron chi connectivity index (χ4n) is 3.17. The Bertz CT molecular complexity index is 251. The van der Waals surface area contributed by atoms with Crippen molar-refractivity contribution in [1.82, 2.24) is 10.2 Å². The first-order valence-electron chi connectivity index (χ1n) is 7.82. The van der Waals surface area contributed by atoms with E-state index in [1.807, 2.05) is 0 Å². The van der Waals surface area contributed by atoms with Crippen molar-refractivity contribution in [3.63, 3.8) is 0 Å². The predicted molar refractivity (Wildman–Crippen MR) is 75.7 cm³/mol. The summed E-state index contributed by atoms with van der Waals surface area (Å²) in [5.74, 6) is 1.63. The van der Waals surface area contributed by atoms with Gasteiger partial charge in [-0.25, -0.2) is 0 Å². The van der Waals surface area contributed by atoms with Crippen LogP contribution in [-0.4, -0.2) is 48.3 Å². The molecule has 0 aliphatic heterocycles. The molecule has 2 fully saturated rings. The van der Waals surface area contributed by atoms with Gasteiger partial charge in [0.25, 0.3) is 0 Å². The maximum absolute atomic E-state index is 9.90. The van der Waals surface area contributed by atoms with Crippen LogP contribution in [-0.2, 0) is 0 Å². The highest BCUT2D eigenvalue weighted by atomic mass is 16.3. The van der Waals surface area contributed by atoms with Crippen LogP contribution >= 0.6 is 0 Å². The van der Waals surface area contributed by atoms with E-state index in [2.05, 4.69) is 24.1 Å². The Hall–Kier alpha value is -0.120. The molecule has 2 N–H and O–H groups in total. The zero-order valence-corrected chi connectivity index (χ0v) is 12.1. The lowest BCUT2D eigenvalue weighted by Gasteiger charge is -2.38. The van der Waals surface area contributed by atoms with E-state index in [1.165, 1.54) is 45.2 Å². The quantitative estimate of drug-likeness (QED) is 0.624. The van der Waals surface area contributed by atoms with Gasteiger partial charge in [0.1, 0.15) is 0 Å². The minimum atomic E-state index is -0.0290. The smallest absolute Gasteiger partial charge is 0.0628 e. The fraction of sp³-hybridized carbons (Fsp3) is 1.00. The van der Waals surface area contributed by atoms with E-state index in [-0.39, 0.29) is 12.1 Å². The van der Waals surface area contributed by atoms with Gasteiger partial charge in [0.2, 0.25) is 0 Å². The van der Waals surface area contributed by atoms with Crippen LogP contribution in [0.2, 0.25) is 0 Å². The summed E-state index contributed by atoms with van der Waals surface area (Å²) in [6.07, 6.45) is 6.62. The molecule has 0 aromatic rings. The number of nitrogens with one attached hydrogen (secondary N) is 1. The lowest BCUT2D eigenvalue weighted by Crippen LogP contribution is -2.58. The van der Waals surface area contributed by atoms with E-state index in [4.69, 9.17) is 0 Å². The molecule has 2 aliphatic carbocycles. The Morgan fingerprint density at radius 2 is 1.94 bits per heavy atom. The third kappa shape index (κ3) is 3.69.